The Kier molecular flexibility index (Phi) is 6.90. The van der Waals surface area contributed by atoms with Crippen LogP contribution in [-0.2, 0) is 11.3 Å². The lowest BCUT2D eigenvalue weighted by Crippen LogP contribution is -2.44. The van der Waals surface area contributed by atoms with Gasteiger partial charge in [-0.1, -0.05) is 30.7 Å². The summed E-state index contributed by atoms with van der Waals surface area (Å²) in [7, 11) is 0. The van der Waals surface area contributed by atoms with Crippen LogP contribution in [0, 0.1) is 13.8 Å². The van der Waals surface area contributed by atoms with Gasteiger partial charge in [0.1, 0.15) is 4.83 Å². The zero-order valence-electron chi connectivity index (χ0n) is 18.0. The van der Waals surface area contributed by atoms with Crippen molar-refractivity contribution in [3.63, 3.8) is 0 Å². The molecule has 0 spiro atoms. The van der Waals surface area contributed by atoms with Gasteiger partial charge in [0.15, 0.2) is 5.16 Å². The summed E-state index contributed by atoms with van der Waals surface area (Å²) in [5, 5.41) is 6.25. The first-order valence-corrected chi connectivity index (χ1v) is 12.4. The van der Waals surface area contributed by atoms with Crippen molar-refractivity contribution in [2.75, 3.05) is 5.75 Å². The minimum Gasteiger partial charge on any atom is -0.335 e. The number of fused-ring (bicyclic) bond motifs is 1. The zero-order chi connectivity index (χ0) is 22.7. The standard InChI is InChI=1S/C22H25N5O3S2/c1-13-14(2)32-19-18(13)20(29)27(11-16-9-5-6-10-23-16)22(26-19)31-12-17(28)25-21(30)24-15-7-3-4-8-15/h5-6,9-10,15H,3-4,7-8,11-12H2,1-2H3,(H2,24,25,28,30). The number of imide groups is 1. The topological polar surface area (TPSA) is 106 Å². The minimum atomic E-state index is -0.471. The van der Waals surface area contributed by atoms with Crippen LogP contribution < -0.4 is 16.2 Å². The van der Waals surface area contributed by atoms with Gasteiger partial charge in [0.2, 0.25) is 5.91 Å². The van der Waals surface area contributed by atoms with Gasteiger partial charge in [-0.25, -0.2) is 9.78 Å². The number of urea groups is 1. The van der Waals surface area contributed by atoms with E-state index in [1.165, 1.54) is 11.3 Å². The van der Waals surface area contributed by atoms with E-state index in [4.69, 9.17) is 0 Å². The van der Waals surface area contributed by atoms with E-state index in [1.54, 1.807) is 10.8 Å². The lowest BCUT2D eigenvalue weighted by atomic mass is 10.2. The summed E-state index contributed by atoms with van der Waals surface area (Å²) in [5.41, 5.74) is 1.50. The van der Waals surface area contributed by atoms with Crippen molar-refractivity contribution in [3.05, 3.63) is 50.9 Å². The SMILES string of the molecule is Cc1sc2nc(SCC(=O)NC(=O)NC3CCCC3)n(Cc3ccccn3)c(=O)c2c1C. The Labute approximate surface area is 193 Å². The number of carbonyl (C=O) groups excluding carboxylic acids is 2. The normalized spacial score (nSPS) is 14.1. The van der Waals surface area contributed by atoms with Gasteiger partial charge in [-0.05, 0) is 44.4 Å². The molecule has 3 aromatic rings. The predicted molar refractivity (Wildman–Crippen MR) is 126 cm³/mol. The van der Waals surface area contributed by atoms with Gasteiger partial charge in [-0.15, -0.1) is 11.3 Å². The van der Waals surface area contributed by atoms with E-state index < -0.39 is 11.9 Å². The summed E-state index contributed by atoms with van der Waals surface area (Å²) in [6.07, 6.45) is 5.76. The molecule has 0 unspecified atom stereocenters. The molecule has 1 aliphatic carbocycles. The molecular formula is C22H25N5O3S2. The van der Waals surface area contributed by atoms with Crippen molar-refractivity contribution in [2.24, 2.45) is 0 Å². The highest BCUT2D eigenvalue weighted by molar-refractivity contribution is 7.99. The number of rotatable bonds is 6. The first kappa shape index (κ1) is 22.5. The Morgan fingerprint density at radius 1 is 1.25 bits per heavy atom. The molecule has 0 saturated heterocycles. The third-order valence-electron chi connectivity index (χ3n) is 5.58. The third-order valence-corrected chi connectivity index (χ3v) is 7.65. The molecule has 1 fully saturated rings. The minimum absolute atomic E-state index is 0.0262. The second kappa shape index (κ2) is 9.83. The van der Waals surface area contributed by atoms with Crippen molar-refractivity contribution in [2.45, 2.75) is 57.3 Å². The second-order valence-corrected chi connectivity index (χ2v) is 10.0. The van der Waals surface area contributed by atoms with Gasteiger partial charge in [0.25, 0.3) is 5.56 Å². The van der Waals surface area contributed by atoms with Gasteiger partial charge in [-0.2, -0.15) is 0 Å². The summed E-state index contributed by atoms with van der Waals surface area (Å²) in [6, 6.07) is 5.19. The lowest BCUT2D eigenvalue weighted by molar-refractivity contribution is -0.117. The van der Waals surface area contributed by atoms with Crippen LogP contribution in [0.4, 0.5) is 4.79 Å². The number of thiophene rings is 1. The average molecular weight is 472 g/mol. The van der Waals surface area contributed by atoms with Crippen molar-refractivity contribution in [1.82, 2.24) is 25.2 Å². The van der Waals surface area contributed by atoms with Crippen LogP contribution in [0.3, 0.4) is 0 Å². The van der Waals surface area contributed by atoms with Crippen LogP contribution in [0.15, 0.2) is 34.3 Å². The van der Waals surface area contributed by atoms with Crippen LogP contribution in [0.1, 0.15) is 41.8 Å². The maximum Gasteiger partial charge on any atom is 0.321 e. The Balaban J connectivity index is 1.53. The summed E-state index contributed by atoms with van der Waals surface area (Å²) in [5.74, 6) is -0.454. The van der Waals surface area contributed by atoms with Crippen LogP contribution in [-0.4, -0.2) is 38.3 Å². The fraction of sp³-hybridized carbons (Fsp3) is 0.409. The predicted octanol–water partition coefficient (Wildman–Crippen LogP) is 3.38. The van der Waals surface area contributed by atoms with Crippen molar-refractivity contribution < 1.29 is 9.59 Å². The first-order valence-electron chi connectivity index (χ1n) is 10.6. The number of carbonyl (C=O) groups is 2. The quantitative estimate of drug-likeness (QED) is 0.422. The van der Waals surface area contributed by atoms with Gasteiger partial charge < -0.3 is 5.32 Å². The molecule has 2 N–H and O–H groups in total. The molecule has 0 radical (unpaired) electrons. The molecular weight excluding hydrogens is 446 g/mol. The number of nitrogens with one attached hydrogen (secondary N) is 2. The summed E-state index contributed by atoms with van der Waals surface area (Å²) >= 11 is 2.61. The molecule has 168 valence electrons. The Morgan fingerprint density at radius 3 is 2.75 bits per heavy atom. The molecule has 0 bridgehead atoms. The third kappa shape index (κ3) is 5.02. The molecule has 32 heavy (non-hydrogen) atoms. The zero-order valence-corrected chi connectivity index (χ0v) is 19.6. The summed E-state index contributed by atoms with van der Waals surface area (Å²) in [6.45, 7) is 4.14. The average Bonchev–Trinajstić information content (AvgIpc) is 3.37. The number of aromatic nitrogens is 3. The van der Waals surface area contributed by atoms with Crippen LogP contribution in [0.25, 0.3) is 10.2 Å². The molecule has 3 heterocycles. The van der Waals surface area contributed by atoms with Crippen molar-refractivity contribution in [1.29, 1.82) is 0 Å². The van der Waals surface area contributed by atoms with Crippen molar-refractivity contribution >= 4 is 45.3 Å². The van der Waals surface area contributed by atoms with Crippen LogP contribution in [0.2, 0.25) is 0 Å². The van der Waals surface area contributed by atoms with E-state index in [1.807, 2.05) is 32.0 Å². The molecule has 1 saturated carbocycles. The molecule has 0 aliphatic heterocycles. The van der Waals surface area contributed by atoms with Crippen LogP contribution >= 0.6 is 23.1 Å². The number of nitrogens with zero attached hydrogens (tertiary/aromatic N) is 3. The summed E-state index contributed by atoms with van der Waals surface area (Å²) < 4.78 is 1.56. The van der Waals surface area contributed by atoms with Gasteiger partial charge >= 0.3 is 6.03 Å². The largest absolute Gasteiger partial charge is 0.335 e. The number of pyridine rings is 1. The van der Waals surface area contributed by atoms with E-state index in [9.17, 15) is 14.4 Å². The van der Waals surface area contributed by atoms with E-state index in [2.05, 4.69) is 20.6 Å². The number of hydrogen-bond donors (Lipinski definition) is 2. The highest BCUT2D eigenvalue weighted by Crippen LogP contribution is 2.28. The smallest absolute Gasteiger partial charge is 0.321 e. The molecule has 3 amide bonds. The maximum atomic E-state index is 13.3. The molecule has 8 nitrogen and oxygen atoms in total. The second-order valence-electron chi connectivity index (χ2n) is 7.86. The van der Waals surface area contributed by atoms with E-state index >= 15 is 0 Å². The fourth-order valence-corrected chi connectivity index (χ4v) is 5.67. The Hall–Kier alpha value is -2.72. The highest BCUT2D eigenvalue weighted by atomic mass is 32.2. The Morgan fingerprint density at radius 2 is 2.03 bits per heavy atom. The maximum absolute atomic E-state index is 13.3. The van der Waals surface area contributed by atoms with E-state index in [0.29, 0.717) is 15.4 Å². The molecule has 0 atom stereocenters. The molecule has 0 aromatic carbocycles. The fourth-order valence-electron chi connectivity index (χ4n) is 3.80. The molecule has 10 heteroatoms. The Bertz CT molecular complexity index is 1200. The molecule has 3 aromatic heterocycles. The van der Waals surface area contributed by atoms with Gasteiger partial charge in [-0.3, -0.25) is 24.5 Å². The molecule has 1 aliphatic rings. The van der Waals surface area contributed by atoms with Gasteiger partial charge in [0.05, 0.1) is 23.4 Å². The molecule has 4 rings (SSSR count). The monoisotopic (exact) mass is 471 g/mol. The number of amides is 3. The highest BCUT2D eigenvalue weighted by Gasteiger charge is 2.20. The van der Waals surface area contributed by atoms with E-state index in [0.717, 1.165) is 53.6 Å². The number of thioether (sulfide) groups is 1. The first-order chi connectivity index (χ1) is 15.4. The van der Waals surface area contributed by atoms with E-state index in [-0.39, 0.29) is 23.9 Å². The number of aryl methyl sites for hydroxylation is 2. The van der Waals surface area contributed by atoms with Gasteiger partial charge in [0, 0.05) is 17.1 Å². The summed E-state index contributed by atoms with van der Waals surface area (Å²) in [4.78, 5) is 48.5. The van der Waals surface area contributed by atoms with Crippen LogP contribution in [0.5, 0.6) is 0 Å². The number of hydrogen-bond acceptors (Lipinski definition) is 7. The lowest BCUT2D eigenvalue weighted by Gasteiger charge is -2.13. The van der Waals surface area contributed by atoms with Crippen molar-refractivity contribution in [3.8, 4) is 0 Å².